The Morgan fingerprint density at radius 2 is 1.03 bits per heavy atom. The first-order chi connectivity index (χ1) is 29.9. The number of hydrazine groups is 1. The summed E-state index contributed by atoms with van der Waals surface area (Å²) >= 11 is 0. The quantitative estimate of drug-likeness (QED) is 0.0968. The van der Waals surface area contributed by atoms with Crippen molar-refractivity contribution >= 4 is 12.0 Å². The first kappa shape index (κ1) is 41.4. The van der Waals surface area contributed by atoms with E-state index in [0.717, 1.165) is 0 Å². The molecule has 0 bridgehead atoms. The number of halogens is 6. The number of hydrogen-bond donors (Lipinski definition) is 2. The molecule has 0 spiro atoms. The third-order valence-electron chi connectivity index (χ3n) is 10.5. The van der Waals surface area contributed by atoms with Crippen LogP contribution in [0.1, 0.15) is 33.4 Å². The Morgan fingerprint density at radius 3 is 1.50 bits per heavy atom. The number of methoxy groups -OCH3 is 1. The minimum atomic E-state index is -3.05. The number of benzene rings is 4. The lowest BCUT2D eigenvalue weighted by Crippen LogP contribution is -2.42. The minimum absolute atomic E-state index is 0.0391. The summed E-state index contributed by atoms with van der Waals surface area (Å²) in [5.41, 5.74) is 7.03. The van der Waals surface area contributed by atoms with E-state index in [1.165, 1.54) is 62.5 Å². The van der Waals surface area contributed by atoms with Gasteiger partial charge in [0.1, 0.15) is 48.4 Å². The highest BCUT2D eigenvalue weighted by molar-refractivity contribution is 5.83. The van der Waals surface area contributed by atoms with Crippen molar-refractivity contribution in [2.45, 2.75) is 38.1 Å². The normalized spacial score (nSPS) is 18.2. The van der Waals surface area contributed by atoms with Gasteiger partial charge < -0.3 is 23.7 Å². The number of hydrogen-bond acceptors (Lipinski definition) is 12. The summed E-state index contributed by atoms with van der Waals surface area (Å²) in [4.78, 5) is 22.1. The molecule has 0 amide bonds. The number of aryl methyl sites for hydroxylation is 2. The number of nitrogens with zero attached hydrogens (tertiary/aromatic N) is 5. The standard InChI is InChI=1S/C44H35F6N7O5/c1-24-12-28(6-10-37(24)61-39(47)48)43(30-4-8-35(45)33(15-30)26-14-32(58-3)20-51-17-26)21-59-41(54-43)56-57-42-55-44(22-60-42,29-7-11-38(25(2)13-29)62-40(49)50)31-5-9-36(46)34(16-31)27-18-52-23-53-19-27/h4-20,23,39-40H,21-22H2,1-3H3,(H,54,56)(H,55,57)/t43-,44?/m0/s1. The molecule has 2 aliphatic heterocycles. The molecule has 0 aliphatic carbocycles. The summed E-state index contributed by atoms with van der Waals surface area (Å²) in [6.45, 7) is -3.14. The Labute approximate surface area is 350 Å². The van der Waals surface area contributed by atoms with Crippen molar-refractivity contribution in [3.63, 3.8) is 0 Å². The number of nitrogens with one attached hydrogen (secondary N) is 2. The van der Waals surface area contributed by atoms with E-state index in [0.29, 0.717) is 50.3 Å². The number of aliphatic imine (C=N–C) groups is 2. The van der Waals surface area contributed by atoms with Crippen molar-refractivity contribution in [3.8, 4) is 39.5 Å². The van der Waals surface area contributed by atoms with Gasteiger partial charge in [-0.3, -0.25) is 4.98 Å². The number of amidine groups is 2. The van der Waals surface area contributed by atoms with Gasteiger partial charge in [-0.15, -0.1) is 0 Å². The van der Waals surface area contributed by atoms with E-state index < -0.39 is 35.9 Å². The molecule has 18 heteroatoms. The van der Waals surface area contributed by atoms with E-state index in [2.05, 4.69) is 30.5 Å². The number of rotatable bonds is 11. The van der Waals surface area contributed by atoms with Gasteiger partial charge in [-0.2, -0.15) is 17.6 Å². The summed E-state index contributed by atoms with van der Waals surface area (Å²) < 4.78 is 111. The largest absolute Gasteiger partial charge is 0.495 e. The molecule has 62 heavy (non-hydrogen) atoms. The van der Waals surface area contributed by atoms with E-state index in [-0.39, 0.29) is 47.9 Å². The fourth-order valence-corrected chi connectivity index (χ4v) is 7.37. The van der Waals surface area contributed by atoms with Crippen molar-refractivity contribution in [1.29, 1.82) is 0 Å². The van der Waals surface area contributed by atoms with Gasteiger partial charge in [0.15, 0.2) is 11.1 Å². The van der Waals surface area contributed by atoms with Gasteiger partial charge in [0.2, 0.25) is 0 Å². The summed E-state index contributed by atoms with van der Waals surface area (Å²) in [6.07, 6.45) is 7.22. The first-order valence-corrected chi connectivity index (χ1v) is 18.8. The maximum Gasteiger partial charge on any atom is 0.387 e. The zero-order valence-electron chi connectivity index (χ0n) is 33.0. The molecular formula is C44H35F6N7O5. The van der Waals surface area contributed by atoms with Gasteiger partial charge in [-0.1, -0.05) is 24.3 Å². The van der Waals surface area contributed by atoms with Crippen molar-refractivity contribution in [2.75, 3.05) is 20.3 Å². The molecule has 1 unspecified atom stereocenters. The second-order valence-electron chi connectivity index (χ2n) is 14.2. The van der Waals surface area contributed by atoms with E-state index in [4.69, 9.17) is 28.9 Å². The summed E-state index contributed by atoms with van der Waals surface area (Å²) in [7, 11) is 1.47. The molecule has 2 N–H and O–H groups in total. The smallest absolute Gasteiger partial charge is 0.387 e. The molecule has 6 aromatic rings. The maximum absolute atomic E-state index is 15.5. The van der Waals surface area contributed by atoms with Crippen LogP contribution >= 0.6 is 0 Å². The minimum Gasteiger partial charge on any atom is -0.495 e. The Bertz CT molecular complexity index is 2690. The zero-order chi connectivity index (χ0) is 43.6. The van der Waals surface area contributed by atoms with Gasteiger partial charge in [0, 0.05) is 40.8 Å². The fraction of sp³-hybridized carbons (Fsp3) is 0.205. The molecule has 0 saturated heterocycles. The predicted molar refractivity (Wildman–Crippen MR) is 214 cm³/mol. The zero-order valence-corrected chi connectivity index (χ0v) is 33.0. The van der Waals surface area contributed by atoms with Crippen LogP contribution in [0.25, 0.3) is 22.3 Å². The second kappa shape index (κ2) is 16.9. The lowest BCUT2D eigenvalue weighted by Gasteiger charge is -2.27. The number of alkyl halides is 4. The van der Waals surface area contributed by atoms with Crippen LogP contribution in [0.2, 0.25) is 0 Å². The molecule has 2 aromatic heterocycles. The Morgan fingerprint density at radius 1 is 0.581 bits per heavy atom. The first-order valence-electron chi connectivity index (χ1n) is 18.8. The maximum atomic E-state index is 15.5. The second-order valence-corrected chi connectivity index (χ2v) is 14.2. The molecule has 4 aromatic carbocycles. The van der Waals surface area contributed by atoms with Crippen molar-refractivity contribution in [2.24, 2.45) is 9.98 Å². The monoisotopic (exact) mass is 855 g/mol. The van der Waals surface area contributed by atoms with Crippen LogP contribution in [0, 0.1) is 25.5 Å². The highest BCUT2D eigenvalue weighted by Gasteiger charge is 2.44. The highest BCUT2D eigenvalue weighted by atomic mass is 19.3. The van der Waals surface area contributed by atoms with Crippen molar-refractivity contribution < 1.29 is 50.0 Å². The van der Waals surface area contributed by atoms with E-state index >= 15 is 8.78 Å². The van der Waals surface area contributed by atoms with E-state index in [1.807, 2.05) is 0 Å². The lowest BCUT2D eigenvalue weighted by atomic mass is 9.82. The Kier molecular flexibility index (Phi) is 11.3. The molecule has 2 atom stereocenters. The molecule has 12 nitrogen and oxygen atoms in total. The number of pyridine rings is 1. The molecule has 0 saturated carbocycles. The number of aromatic nitrogens is 3. The predicted octanol–water partition coefficient (Wildman–Crippen LogP) is 8.37. The van der Waals surface area contributed by atoms with Crippen LogP contribution in [-0.2, 0) is 20.6 Å². The molecule has 8 rings (SSSR count). The molecule has 2 aliphatic rings. The van der Waals surface area contributed by atoms with Gasteiger partial charge in [-0.05, 0) is 102 Å². The van der Waals surface area contributed by atoms with E-state index in [1.54, 1.807) is 68.4 Å². The Hall–Kier alpha value is -7.37. The SMILES string of the molecule is COc1cncc(-c2cc([C@@]3(c4ccc(OC(F)F)c(C)c4)COC(NNC4=NC(c5ccc(OC(F)F)c(C)c5)(c5ccc(F)c(-c6cncnc6)c5)CO4)=N3)ccc2F)c1. The number of ether oxygens (including phenoxy) is 5. The van der Waals surface area contributed by atoms with Crippen LogP contribution in [0.15, 0.2) is 120 Å². The fourth-order valence-electron chi connectivity index (χ4n) is 7.37. The van der Waals surface area contributed by atoms with Crippen LogP contribution in [-0.4, -0.2) is 60.5 Å². The molecular weight excluding hydrogens is 821 g/mol. The van der Waals surface area contributed by atoms with Gasteiger partial charge in [-0.25, -0.2) is 39.6 Å². The molecule has 4 heterocycles. The molecule has 0 fully saturated rings. The topological polar surface area (TPSA) is 134 Å². The van der Waals surface area contributed by atoms with Gasteiger partial charge in [0.25, 0.3) is 0 Å². The lowest BCUT2D eigenvalue weighted by molar-refractivity contribution is -0.0509. The highest BCUT2D eigenvalue weighted by Crippen LogP contribution is 2.43. The average molecular weight is 856 g/mol. The van der Waals surface area contributed by atoms with E-state index in [9.17, 15) is 17.6 Å². The average Bonchev–Trinajstić information content (AvgIpc) is 3.91. The van der Waals surface area contributed by atoms with Gasteiger partial charge in [0.05, 0.1) is 13.3 Å². The summed E-state index contributed by atoms with van der Waals surface area (Å²) in [5, 5.41) is 0. The van der Waals surface area contributed by atoms with Crippen LogP contribution in [0.4, 0.5) is 26.3 Å². The third kappa shape index (κ3) is 8.10. The van der Waals surface area contributed by atoms with Crippen LogP contribution in [0.3, 0.4) is 0 Å². The van der Waals surface area contributed by atoms with Crippen molar-refractivity contribution in [1.82, 2.24) is 25.8 Å². The van der Waals surface area contributed by atoms with Crippen molar-refractivity contribution in [3.05, 3.63) is 155 Å². The summed E-state index contributed by atoms with van der Waals surface area (Å²) in [5.74, 6) is -0.761. The van der Waals surface area contributed by atoms with Gasteiger partial charge >= 0.3 is 25.3 Å². The molecule has 318 valence electrons. The Balaban J connectivity index is 1.17. The molecule has 0 radical (unpaired) electrons. The summed E-state index contributed by atoms with van der Waals surface area (Å²) in [6, 6.07) is 19.6. The third-order valence-corrected chi connectivity index (χ3v) is 10.5. The van der Waals surface area contributed by atoms with Crippen LogP contribution < -0.4 is 25.1 Å². The van der Waals surface area contributed by atoms with Crippen LogP contribution in [0.5, 0.6) is 17.2 Å².